The molecular weight excluding hydrogens is 202 g/mol. The molecule has 0 unspecified atom stereocenters. The fourth-order valence-electron chi connectivity index (χ4n) is 2.87. The fraction of sp³-hybridized carbons (Fsp3) is 1.00. The van der Waals surface area contributed by atoms with E-state index < -0.39 is 0 Å². The summed E-state index contributed by atoms with van der Waals surface area (Å²) in [4.78, 5) is 0. The lowest BCUT2D eigenvalue weighted by molar-refractivity contribution is 0.325. The highest BCUT2D eigenvalue weighted by Gasteiger charge is 2.15. The van der Waals surface area contributed by atoms with Gasteiger partial charge in [-0.2, -0.15) is 11.8 Å². The van der Waals surface area contributed by atoms with Crippen LogP contribution in [0.2, 0.25) is 0 Å². The summed E-state index contributed by atoms with van der Waals surface area (Å²) in [5, 5.41) is 3.76. The molecule has 15 heavy (non-hydrogen) atoms. The van der Waals surface area contributed by atoms with Gasteiger partial charge in [-0.25, -0.2) is 0 Å². The lowest BCUT2D eigenvalue weighted by Gasteiger charge is -2.25. The lowest BCUT2D eigenvalue weighted by Crippen LogP contribution is -2.34. The van der Waals surface area contributed by atoms with E-state index in [1.807, 2.05) is 0 Å². The molecule has 2 fully saturated rings. The lowest BCUT2D eigenvalue weighted by atomic mass is 9.87. The Labute approximate surface area is 98.8 Å². The average Bonchev–Trinajstić information content (AvgIpc) is 2.32. The molecule has 1 saturated heterocycles. The summed E-state index contributed by atoms with van der Waals surface area (Å²) in [7, 11) is 0. The topological polar surface area (TPSA) is 12.0 Å². The summed E-state index contributed by atoms with van der Waals surface area (Å²) < 4.78 is 0. The summed E-state index contributed by atoms with van der Waals surface area (Å²) in [5.41, 5.74) is 0. The number of nitrogens with one attached hydrogen (secondary N) is 1. The van der Waals surface area contributed by atoms with Crippen molar-refractivity contribution in [3.63, 3.8) is 0 Å². The molecule has 0 aromatic heterocycles. The van der Waals surface area contributed by atoms with Crippen LogP contribution in [0.25, 0.3) is 0 Å². The molecule has 2 aliphatic rings. The normalized spacial score (nSPS) is 25.6. The first-order valence-corrected chi connectivity index (χ1v) is 7.92. The van der Waals surface area contributed by atoms with Crippen molar-refractivity contribution in [1.29, 1.82) is 0 Å². The van der Waals surface area contributed by atoms with Crippen molar-refractivity contribution >= 4 is 11.8 Å². The van der Waals surface area contributed by atoms with Gasteiger partial charge in [-0.05, 0) is 43.2 Å². The van der Waals surface area contributed by atoms with E-state index in [0.717, 1.165) is 12.0 Å². The molecule has 2 heteroatoms. The zero-order chi connectivity index (χ0) is 10.3. The second kappa shape index (κ2) is 6.80. The monoisotopic (exact) mass is 227 g/mol. The van der Waals surface area contributed by atoms with Gasteiger partial charge in [0.2, 0.25) is 0 Å². The summed E-state index contributed by atoms with van der Waals surface area (Å²) >= 11 is 2.12. The third-order valence-corrected chi connectivity index (χ3v) is 4.98. The highest BCUT2D eigenvalue weighted by molar-refractivity contribution is 7.99. The Morgan fingerprint density at radius 2 is 1.67 bits per heavy atom. The maximum Gasteiger partial charge on any atom is 0.00827 e. The van der Waals surface area contributed by atoms with E-state index in [-0.39, 0.29) is 0 Å². The van der Waals surface area contributed by atoms with E-state index in [4.69, 9.17) is 0 Å². The second-order valence-corrected chi connectivity index (χ2v) is 6.36. The first-order chi connectivity index (χ1) is 7.45. The summed E-state index contributed by atoms with van der Waals surface area (Å²) in [5.74, 6) is 3.80. The van der Waals surface area contributed by atoms with Crippen molar-refractivity contribution < 1.29 is 0 Å². The molecule has 1 nitrogen and oxygen atoms in total. The van der Waals surface area contributed by atoms with Gasteiger partial charge >= 0.3 is 0 Å². The Kier molecular flexibility index (Phi) is 5.34. The van der Waals surface area contributed by atoms with Crippen LogP contribution in [0, 0.1) is 5.92 Å². The highest BCUT2D eigenvalue weighted by Crippen LogP contribution is 2.26. The van der Waals surface area contributed by atoms with Gasteiger partial charge in [-0.1, -0.05) is 32.1 Å². The van der Waals surface area contributed by atoms with Crippen LogP contribution in [0.3, 0.4) is 0 Å². The summed E-state index contributed by atoms with van der Waals surface area (Å²) in [6, 6.07) is 0.842. The van der Waals surface area contributed by atoms with Gasteiger partial charge in [0.25, 0.3) is 0 Å². The van der Waals surface area contributed by atoms with Crippen LogP contribution >= 0.6 is 11.8 Å². The molecular formula is C13H25NS. The summed E-state index contributed by atoms with van der Waals surface area (Å²) in [6.45, 7) is 1.28. The Morgan fingerprint density at radius 1 is 0.933 bits per heavy atom. The van der Waals surface area contributed by atoms with Crippen LogP contribution in [0.5, 0.6) is 0 Å². The van der Waals surface area contributed by atoms with E-state index in [0.29, 0.717) is 0 Å². The van der Waals surface area contributed by atoms with E-state index in [9.17, 15) is 0 Å². The first-order valence-electron chi connectivity index (χ1n) is 6.76. The predicted octanol–water partition coefficient (Wildman–Crippen LogP) is 3.44. The molecule has 0 radical (unpaired) electrons. The highest BCUT2D eigenvalue weighted by atomic mass is 32.2. The second-order valence-electron chi connectivity index (χ2n) is 5.13. The van der Waals surface area contributed by atoms with E-state index in [1.165, 1.54) is 69.4 Å². The van der Waals surface area contributed by atoms with Gasteiger partial charge < -0.3 is 5.32 Å². The van der Waals surface area contributed by atoms with Crippen molar-refractivity contribution in [3.8, 4) is 0 Å². The number of thioether (sulfide) groups is 1. The third-order valence-electron chi connectivity index (χ3n) is 3.93. The van der Waals surface area contributed by atoms with Gasteiger partial charge in [0.05, 0.1) is 0 Å². The predicted molar refractivity (Wildman–Crippen MR) is 69.5 cm³/mol. The SMILES string of the molecule is C1CCC(CCNC2CCSCC2)CC1. The van der Waals surface area contributed by atoms with E-state index >= 15 is 0 Å². The number of hydrogen-bond donors (Lipinski definition) is 1. The van der Waals surface area contributed by atoms with Crippen molar-refractivity contribution in [2.45, 2.75) is 57.4 Å². The van der Waals surface area contributed by atoms with Crippen molar-refractivity contribution in [3.05, 3.63) is 0 Å². The minimum atomic E-state index is 0.842. The molecule has 0 spiro atoms. The van der Waals surface area contributed by atoms with Gasteiger partial charge in [-0.3, -0.25) is 0 Å². The minimum Gasteiger partial charge on any atom is -0.314 e. The molecule has 0 aromatic rings. The number of hydrogen-bond acceptors (Lipinski definition) is 2. The molecule has 1 aliphatic carbocycles. The Hall–Kier alpha value is 0.310. The van der Waals surface area contributed by atoms with Crippen molar-refractivity contribution in [2.75, 3.05) is 18.1 Å². The van der Waals surface area contributed by atoms with Gasteiger partial charge in [0.1, 0.15) is 0 Å². The van der Waals surface area contributed by atoms with E-state index in [1.54, 1.807) is 0 Å². The van der Waals surface area contributed by atoms with Crippen LogP contribution < -0.4 is 5.32 Å². The minimum absolute atomic E-state index is 0.842. The molecule has 1 saturated carbocycles. The molecule has 2 rings (SSSR count). The van der Waals surface area contributed by atoms with Crippen LogP contribution in [0.1, 0.15) is 51.4 Å². The van der Waals surface area contributed by atoms with E-state index in [2.05, 4.69) is 17.1 Å². The first kappa shape index (κ1) is 11.8. The molecule has 1 N–H and O–H groups in total. The zero-order valence-electron chi connectivity index (χ0n) is 9.84. The molecule has 0 atom stereocenters. The zero-order valence-corrected chi connectivity index (χ0v) is 10.7. The van der Waals surface area contributed by atoms with Crippen LogP contribution in [-0.2, 0) is 0 Å². The Morgan fingerprint density at radius 3 is 2.40 bits per heavy atom. The largest absolute Gasteiger partial charge is 0.314 e. The van der Waals surface area contributed by atoms with Gasteiger partial charge in [0, 0.05) is 6.04 Å². The number of rotatable bonds is 4. The molecule has 1 aliphatic heterocycles. The van der Waals surface area contributed by atoms with Crippen LogP contribution in [0.4, 0.5) is 0 Å². The fourth-order valence-corrected chi connectivity index (χ4v) is 3.98. The average molecular weight is 227 g/mol. The van der Waals surface area contributed by atoms with Crippen LogP contribution in [-0.4, -0.2) is 24.1 Å². The Balaban J connectivity index is 1.53. The third kappa shape index (κ3) is 4.36. The molecule has 0 amide bonds. The van der Waals surface area contributed by atoms with Crippen molar-refractivity contribution in [1.82, 2.24) is 5.32 Å². The van der Waals surface area contributed by atoms with Gasteiger partial charge in [0.15, 0.2) is 0 Å². The quantitative estimate of drug-likeness (QED) is 0.789. The molecule has 0 aromatic carbocycles. The molecule has 1 heterocycles. The molecule has 88 valence electrons. The summed E-state index contributed by atoms with van der Waals surface area (Å²) in [6.07, 6.45) is 11.7. The molecule has 0 bridgehead atoms. The van der Waals surface area contributed by atoms with Crippen LogP contribution in [0.15, 0.2) is 0 Å². The maximum atomic E-state index is 3.76. The Bertz CT molecular complexity index is 142. The van der Waals surface area contributed by atoms with Gasteiger partial charge in [-0.15, -0.1) is 0 Å². The van der Waals surface area contributed by atoms with Crippen molar-refractivity contribution in [2.24, 2.45) is 5.92 Å². The standard InChI is InChI=1S/C13H25NS/c1-2-4-12(5-3-1)6-9-14-13-7-10-15-11-8-13/h12-14H,1-11H2. The maximum absolute atomic E-state index is 3.76. The smallest absolute Gasteiger partial charge is 0.00827 e.